The topological polar surface area (TPSA) is 29.1 Å². The van der Waals surface area contributed by atoms with E-state index in [0.717, 1.165) is 11.1 Å². The molecule has 0 aliphatic rings. The van der Waals surface area contributed by atoms with E-state index in [1.807, 2.05) is 31.2 Å². The Morgan fingerprint density at radius 1 is 1.16 bits per heavy atom. The van der Waals surface area contributed by atoms with Crippen LogP contribution in [0.15, 0.2) is 42.5 Å². The Morgan fingerprint density at radius 2 is 1.89 bits per heavy atom. The Bertz CT molecular complexity index is 611. The highest BCUT2D eigenvalue weighted by Crippen LogP contribution is 2.29. The number of rotatable bonds is 3. The van der Waals surface area contributed by atoms with Crippen LogP contribution in [0.25, 0.3) is 0 Å². The molecule has 0 unspecified atom stereocenters. The van der Waals surface area contributed by atoms with Crippen LogP contribution in [-0.4, -0.2) is 5.91 Å². The SMILES string of the molecule is Cc1cccc(CC(=O)Nc2cccc(Cl)c2Cl)c1. The second-order valence-corrected chi connectivity index (χ2v) is 5.10. The van der Waals surface area contributed by atoms with Gasteiger partial charge in [0.05, 0.1) is 22.2 Å². The molecule has 0 aromatic heterocycles. The van der Waals surface area contributed by atoms with Gasteiger partial charge in [0.2, 0.25) is 5.91 Å². The molecule has 0 saturated carbocycles. The van der Waals surface area contributed by atoms with Crippen LogP contribution in [0.3, 0.4) is 0 Å². The van der Waals surface area contributed by atoms with Gasteiger partial charge in [0.25, 0.3) is 0 Å². The Hall–Kier alpha value is -1.51. The summed E-state index contributed by atoms with van der Waals surface area (Å²) < 4.78 is 0. The molecule has 0 fully saturated rings. The van der Waals surface area contributed by atoms with E-state index in [1.165, 1.54) is 0 Å². The summed E-state index contributed by atoms with van der Waals surface area (Å²) in [5, 5.41) is 3.55. The van der Waals surface area contributed by atoms with E-state index in [4.69, 9.17) is 23.2 Å². The summed E-state index contributed by atoms with van der Waals surface area (Å²) in [6, 6.07) is 13.0. The average molecular weight is 294 g/mol. The van der Waals surface area contributed by atoms with Crippen LogP contribution in [0.2, 0.25) is 10.0 Å². The largest absolute Gasteiger partial charge is 0.324 e. The summed E-state index contributed by atoms with van der Waals surface area (Å²) in [5.74, 6) is -0.116. The third kappa shape index (κ3) is 3.72. The zero-order chi connectivity index (χ0) is 13.8. The zero-order valence-corrected chi connectivity index (χ0v) is 11.9. The van der Waals surface area contributed by atoms with E-state index in [0.29, 0.717) is 22.2 Å². The van der Waals surface area contributed by atoms with Crippen LogP contribution in [0.5, 0.6) is 0 Å². The number of anilines is 1. The van der Waals surface area contributed by atoms with Gasteiger partial charge in [-0.1, -0.05) is 59.1 Å². The minimum absolute atomic E-state index is 0.116. The van der Waals surface area contributed by atoms with Gasteiger partial charge in [-0.05, 0) is 24.6 Å². The molecule has 19 heavy (non-hydrogen) atoms. The summed E-state index contributed by atoms with van der Waals surface area (Å²) >= 11 is 11.9. The summed E-state index contributed by atoms with van der Waals surface area (Å²) in [5.41, 5.74) is 2.63. The molecule has 2 aromatic rings. The molecule has 0 heterocycles. The Balaban J connectivity index is 2.08. The van der Waals surface area contributed by atoms with Gasteiger partial charge in [0.15, 0.2) is 0 Å². The Morgan fingerprint density at radius 3 is 2.63 bits per heavy atom. The summed E-state index contributed by atoms with van der Waals surface area (Å²) in [7, 11) is 0. The smallest absolute Gasteiger partial charge is 0.228 e. The third-order valence-corrected chi connectivity index (χ3v) is 3.49. The van der Waals surface area contributed by atoms with Crippen molar-refractivity contribution in [1.82, 2.24) is 0 Å². The first-order chi connectivity index (χ1) is 9.06. The van der Waals surface area contributed by atoms with Gasteiger partial charge in [-0.3, -0.25) is 4.79 Å². The number of hydrogen-bond acceptors (Lipinski definition) is 1. The highest BCUT2D eigenvalue weighted by molar-refractivity contribution is 6.43. The van der Waals surface area contributed by atoms with Crippen molar-refractivity contribution in [2.24, 2.45) is 0 Å². The molecule has 2 aromatic carbocycles. The lowest BCUT2D eigenvalue weighted by Gasteiger charge is -2.08. The van der Waals surface area contributed by atoms with Gasteiger partial charge in [-0.15, -0.1) is 0 Å². The molecule has 4 heteroatoms. The Labute approximate surface area is 122 Å². The quantitative estimate of drug-likeness (QED) is 0.888. The van der Waals surface area contributed by atoms with E-state index in [2.05, 4.69) is 5.32 Å². The molecule has 1 N–H and O–H groups in total. The fraction of sp³-hybridized carbons (Fsp3) is 0.133. The normalized spacial score (nSPS) is 10.3. The van der Waals surface area contributed by atoms with Crippen LogP contribution in [-0.2, 0) is 11.2 Å². The molecule has 0 atom stereocenters. The van der Waals surface area contributed by atoms with Crippen molar-refractivity contribution >= 4 is 34.8 Å². The minimum Gasteiger partial charge on any atom is -0.324 e. The average Bonchev–Trinajstić information content (AvgIpc) is 2.35. The van der Waals surface area contributed by atoms with E-state index in [9.17, 15) is 4.79 Å². The summed E-state index contributed by atoms with van der Waals surface area (Å²) in [6.07, 6.45) is 0.310. The summed E-state index contributed by atoms with van der Waals surface area (Å²) in [4.78, 5) is 11.9. The van der Waals surface area contributed by atoms with Crippen LogP contribution in [0, 0.1) is 6.92 Å². The first-order valence-corrected chi connectivity index (χ1v) is 6.61. The molecule has 98 valence electrons. The van der Waals surface area contributed by atoms with Crippen molar-refractivity contribution < 1.29 is 4.79 Å². The van der Waals surface area contributed by atoms with E-state index in [-0.39, 0.29) is 5.91 Å². The van der Waals surface area contributed by atoms with Crippen LogP contribution in [0.1, 0.15) is 11.1 Å². The standard InChI is InChI=1S/C15H13Cl2NO/c1-10-4-2-5-11(8-10)9-14(19)18-13-7-3-6-12(16)15(13)17/h2-8H,9H2,1H3,(H,18,19). The van der Waals surface area contributed by atoms with Gasteiger partial charge in [0.1, 0.15) is 0 Å². The lowest BCUT2D eigenvalue weighted by atomic mass is 10.1. The van der Waals surface area contributed by atoms with Gasteiger partial charge >= 0.3 is 0 Å². The second kappa shape index (κ2) is 6.09. The predicted molar refractivity (Wildman–Crippen MR) is 80.0 cm³/mol. The van der Waals surface area contributed by atoms with E-state index >= 15 is 0 Å². The maximum absolute atomic E-state index is 11.9. The van der Waals surface area contributed by atoms with Crippen molar-refractivity contribution in [3.05, 3.63) is 63.6 Å². The van der Waals surface area contributed by atoms with Crippen LogP contribution in [0.4, 0.5) is 5.69 Å². The van der Waals surface area contributed by atoms with Gasteiger partial charge < -0.3 is 5.32 Å². The number of amides is 1. The Kier molecular flexibility index (Phi) is 4.46. The number of nitrogens with one attached hydrogen (secondary N) is 1. The monoisotopic (exact) mass is 293 g/mol. The minimum atomic E-state index is -0.116. The molecule has 0 bridgehead atoms. The predicted octanol–water partition coefficient (Wildman–Crippen LogP) is 4.48. The maximum Gasteiger partial charge on any atom is 0.228 e. The molecular weight excluding hydrogens is 281 g/mol. The molecular formula is C15H13Cl2NO. The number of carbonyl (C=O) groups is 1. The molecule has 2 rings (SSSR count). The number of hydrogen-bond donors (Lipinski definition) is 1. The zero-order valence-electron chi connectivity index (χ0n) is 10.4. The van der Waals surface area contributed by atoms with Crippen molar-refractivity contribution in [1.29, 1.82) is 0 Å². The molecule has 1 amide bonds. The highest BCUT2D eigenvalue weighted by atomic mass is 35.5. The van der Waals surface area contributed by atoms with Gasteiger partial charge in [0, 0.05) is 0 Å². The fourth-order valence-electron chi connectivity index (χ4n) is 1.80. The molecule has 0 aliphatic heterocycles. The fourth-order valence-corrected chi connectivity index (χ4v) is 2.15. The van der Waals surface area contributed by atoms with Crippen LogP contribution >= 0.6 is 23.2 Å². The molecule has 0 radical (unpaired) electrons. The first kappa shape index (κ1) is 13.9. The lowest BCUT2D eigenvalue weighted by Crippen LogP contribution is -2.14. The third-order valence-electron chi connectivity index (χ3n) is 2.67. The second-order valence-electron chi connectivity index (χ2n) is 4.32. The number of aryl methyl sites for hydroxylation is 1. The van der Waals surface area contributed by atoms with Gasteiger partial charge in [-0.25, -0.2) is 0 Å². The summed E-state index contributed by atoms with van der Waals surface area (Å²) in [6.45, 7) is 2.00. The number of carbonyl (C=O) groups excluding carboxylic acids is 1. The van der Waals surface area contributed by atoms with Crippen molar-refractivity contribution in [3.8, 4) is 0 Å². The number of halogens is 2. The maximum atomic E-state index is 11.9. The van der Waals surface area contributed by atoms with Crippen LogP contribution < -0.4 is 5.32 Å². The van der Waals surface area contributed by atoms with Crippen molar-refractivity contribution in [2.75, 3.05) is 5.32 Å². The molecule has 0 aliphatic carbocycles. The van der Waals surface area contributed by atoms with E-state index in [1.54, 1.807) is 18.2 Å². The van der Waals surface area contributed by atoms with E-state index < -0.39 is 0 Å². The highest BCUT2D eigenvalue weighted by Gasteiger charge is 2.08. The lowest BCUT2D eigenvalue weighted by molar-refractivity contribution is -0.115. The van der Waals surface area contributed by atoms with Crippen molar-refractivity contribution in [3.63, 3.8) is 0 Å². The number of benzene rings is 2. The van der Waals surface area contributed by atoms with Crippen molar-refractivity contribution in [2.45, 2.75) is 13.3 Å². The molecule has 0 spiro atoms. The van der Waals surface area contributed by atoms with Gasteiger partial charge in [-0.2, -0.15) is 0 Å². The molecule has 0 saturated heterocycles. The molecule has 2 nitrogen and oxygen atoms in total. The first-order valence-electron chi connectivity index (χ1n) is 5.85.